The van der Waals surface area contributed by atoms with Crippen LogP contribution in [0.3, 0.4) is 0 Å². The highest BCUT2D eigenvalue weighted by molar-refractivity contribution is 7.89. The monoisotopic (exact) mass is 376 g/mol. The Labute approximate surface area is 149 Å². The second kappa shape index (κ2) is 6.66. The fourth-order valence-corrected chi connectivity index (χ4v) is 4.96. The molecule has 1 fully saturated rings. The van der Waals surface area contributed by atoms with Crippen LogP contribution in [0.25, 0.3) is 11.5 Å². The van der Waals surface area contributed by atoms with E-state index >= 15 is 0 Å². The first-order valence-corrected chi connectivity index (χ1v) is 10.3. The van der Waals surface area contributed by atoms with Crippen LogP contribution < -0.4 is 0 Å². The smallest absolute Gasteiger partial charge is 0.248 e. The highest BCUT2D eigenvalue weighted by Crippen LogP contribution is 2.31. The molecule has 0 saturated carbocycles. The van der Waals surface area contributed by atoms with Crippen molar-refractivity contribution in [2.24, 2.45) is 0 Å². The molecule has 0 bridgehead atoms. The molecule has 25 heavy (non-hydrogen) atoms. The molecule has 9 heteroatoms. The van der Waals surface area contributed by atoms with Gasteiger partial charge in [-0.05, 0) is 36.4 Å². The topological polar surface area (TPSA) is 89.2 Å². The highest BCUT2D eigenvalue weighted by Gasteiger charge is 2.32. The fourth-order valence-electron chi connectivity index (χ4n) is 2.89. The molecule has 4 heterocycles. The van der Waals surface area contributed by atoms with Crippen LogP contribution in [-0.4, -0.2) is 41.0 Å². The van der Waals surface area contributed by atoms with Gasteiger partial charge in [0.2, 0.25) is 21.8 Å². The van der Waals surface area contributed by atoms with E-state index in [2.05, 4.69) is 15.2 Å². The summed E-state index contributed by atoms with van der Waals surface area (Å²) >= 11 is 1.57. The molecule has 1 saturated heterocycles. The third-order valence-corrected chi connectivity index (χ3v) is 6.85. The fraction of sp³-hybridized carbons (Fsp3) is 0.312. The molecule has 1 aliphatic rings. The second-order valence-corrected chi connectivity index (χ2v) is 8.54. The Bertz CT molecular complexity index is 931. The molecule has 7 nitrogen and oxygen atoms in total. The minimum atomic E-state index is -3.49. The van der Waals surface area contributed by atoms with Crippen LogP contribution >= 0.6 is 11.3 Å². The van der Waals surface area contributed by atoms with Crippen molar-refractivity contribution in [1.82, 2.24) is 19.5 Å². The molecule has 3 aromatic heterocycles. The SMILES string of the molecule is O=S(=O)(c1cccnc1)N1CCC(c2nnc(-c3ccsc3)o2)CC1. The van der Waals surface area contributed by atoms with Gasteiger partial charge < -0.3 is 4.42 Å². The minimum absolute atomic E-state index is 0.0836. The van der Waals surface area contributed by atoms with E-state index in [1.54, 1.807) is 29.7 Å². The van der Waals surface area contributed by atoms with Crippen LogP contribution in [0.5, 0.6) is 0 Å². The molecule has 0 aliphatic carbocycles. The number of pyridine rings is 1. The zero-order valence-electron chi connectivity index (χ0n) is 13.3. The Morgan fingerprint density at radius 2 is 2.04 bits per heavy atom. The molecular weight excluding hydrogens is 360 g/mol. The van der Waals surface area contributed by atoms with Crippen LogP contribution in [0.2, 0.25) is 0 Å². The minimum Gasteiger partial charge on any atom is -0.420 e. The van der Waals surface area contributed by atoms with Crippen LogP contribution in [0.4, 0.5) is 0 Å². The summed E-state index contributed by atoms with van der Waals surface area (Å²) in [7, 11) is -3.49. The van der Waals surface area contributed by atoms with Crippen molar-refractivity contribution in [3.8, 4) is 11.5 Å². The van der Waals surface area contributed by atoms with E-state index < -0.39 is 10.0 Å². The second-order valence-electron chi connectivity index (χ2n) is 5.82. The van der Waals surface area contributed by atoms with Gasteiger partial charge in [0.15, 0.2) is 0 Å². The van der Waals surface area contributed by atoms with E-state index in [9.17, 15) is 8.42 Å². The first-order valence-electron chi connectivity index (χ1n) is 7.91. The van der Waals surface area contributed by atoms with E-state index in [-0.39, 0.29) is 10.8 Å². The number of rotatable bonds is 4. The lowest BCUT2D eigenvalue weighted by Gasteiger charge is -2.29. The molecular formula is C16H16N4O3S2. The normalized spacial score (nSPS) is 17.0. The van der Waals surface area contributed by atoms with Crippen molar-refractivity contribution in [3.05, 3.63) is 47.2 Å². The van der Waals surface area contributed by atoms with E-state index in [1.165, 1.54) is 10.5 Å². The Morgan fingerprint density at radius 3 is 2.72 bits per heavy atom. The van der Waals surface area contributed by atoms with Gasteiger partial charge in [0.25, 0.3) is 0 Å². The van der Waals surface area contributed by atoms with Gasteiger partial charge in [-0.3, -0.25) is 4.98 Å². The number of hydrogen-bond acceptors (Lipinski definition) is 7. The average Bonchev–Trinajstić information content (AvgIpc) is 3.34. The molecule has 1 aliphatic heterocycles. The van der Waals surface area contributed by atoms with Gasteiger partial charge in [-0.2, -0.15) is 15.6 Å². The molecule has 3 aromatic rings. The summed E-state index contributed by atoms with van der Waals surface area (Å²) in [6, 6.07) is 5.13. The Hall–Kier alpha value is -2.10. The number of nitrogens with zero attached hydrogens (tertiary/aromatic N) is 4. The van der Waals surface area contributed by atoms with Gasteiger partial charge in [-0.25, -0.2) is 8.42 Å². The lowest BCUT2D eigenvalue weighted by Crippen LogP contribution is -2.38. The Kier molecular flexibility index (Phi) is 4.36. The maximum Gasteiger partial charge on any atom is 0.248 e. The van der Waals surface area contributed by atoms with Gasteiger partial charge in [0, 0.05) is 42.3 Å². The van der Waals surface area contributed by atoms with Gasteiger partial charge in [-0.1, -0.05) is 0 Å². The molecule has 0 N–H and O–H groups in total. The average molecular weight is 376 g/mol. The highest BCUT2D eigenvalue weighted by atomic mass is 32.2. The quantitative estimate of drug-likeness (QED) is 0.695. The summed E-state index contributed by atoms with van der Waals surface area (Å²) in [6.07, 6.45) is 4.26. The van der Waals surface area contributed by atoms with Crippen molar-refractivity contribution in [2.75, 3.05) is 13.1 Å². The summed E-state index contributed by atoms with van der Waals surface area (Å²) < 4.78 is 32.5. The third-order valence-electron chi connectivity index (χ3n) is 4.28. The summed E-state index contributed by atoms with van der Waals surface area (Å²) in [5, 5.41) is 12.2. The molecule has 0 amide bonds. The van der Waals surface area contributed by atoms with Gasteiger partial charge in [0.1, 0.15) is 4.90 Å². The standard InChI is InChI=1S/C16H16N4O3S2/c21-25(22,14-2-1-6-17-10-14)20-7-3-12(4-8-20)15-18-19-16(23-15)13-5-9-24-11-13/h1-2,5-6,9-12H,3-4,7-8H2. The number of piperidine rings is 1. The van der Waals surface area contributed by atoms with E-state index in [1.807, 2.05) is 16.8 Å². The molecule has 0 unspecified atom stereocenters. The third kappa shape index (κ3) is 3.22. The Morgan fingerprint density at radius 1 is 1.20 bits per heavy atom. The lowest BCUT2D eigenvalue weighted by molar-refractivity contribution is 0.291. The molecule has 0 radical (unpaired) electrons. The summed E-state index contributed by atoms with van der Waals surface area (Å²) in [5.41, 5.74) is 0.917. The Balaban J connectivity index is 1.45. The number of thiophene rings is 1. The first kappa shape index (κ1) is 16.4. The van der Waals surface area contributed by atoms with Crippen LogP contribution in [0.15, 0.2) is 50.7 Å². The van der Waals surface area contributed by atoms with E-state index in [0.717, 1.165) is 5.56 Å². The van der Waals surface area contributed by atoms with Gasteiger partial charge in [-0.15, -0.1) is 10.2 Å². The van der Waals surface area contributed by atoms with Crippen molar-refractivity contribution in [2.45, 2.75) is 23.7 Å². The largest absolute Gasteiger partial charge is 0.420 e. The predicted molar refractivity (Wildman–Crippen MR) is 92.6 cm³/mol. The van der Waals surface area contributed by atoms with Gasteiger partial charge in [0.05, 0.1) is 0 Å². The zero-order chi connectivity index (χ0) is 17.3. The summed E-state index contributed by atoms with van der Waals surface area (Å²) in [4.78, 5) is 4.12. The van der Waals surface area contributed by atoms with Crippen molar-refractivity contribution >= 4 is 21.4 Å². The summed E-state index contributed by atoms with van der Waals surface area (Å²) in [6.45, 7) is 0.857. The van der Waals surface area contributed by atoms with E-state index in [0.29, 0.717) is 37.7 Å². The molecule has 0 atom stereocenters. The lowest BCUT2D eigenvalue weighted by atomic mass is 9.98. The first-order chi connectivity index (χ1) is 12.1. The molecule has 4 rings (SSSR count). The van der Waals surface area contributed by atoms with Crippen molar-refractivity contribution in [3.63, 3.8) is 0 Å². The molecule has 0 aromatic carbocycles. The van der Waals surface area contributed by atoms with E-state index in [4.69, 9.17) is 4.42 Å². The molecule has 130 valence electrons. The maximum atomic E-state index is 12.6. The van der Waals surface area contributed by atoms with Crippen molar-refractivity contribution in [1.29, 1.82) is 0 Å². The van der Waals surface area contributed by atoms with Gasteiger partial charge >= 0.3 is 0 Å². The van der Waals surface area contributed by atoms with Crippen LogP contribution in [0.1, 0.15) is 24.7 Å². The number of hydrogen-bond donors (Lipinski definition) is 0. The number of sulfonamides is 1. The number of aromatic nitrogens is 3. The van der Waals surface area contributed by atoms with Crippen molar-refractivity contribution < 1.29 is 12.8 Å². The maximum absolute atomic E-state index is 12.6. The van der Waals surface area contributed by atoms with Crippen LogP contribution in [0, 0.1) is 0 Å². The van der Waals surface area contributed by atoms with Crippen LogP contribution in [-0.2, 0) is 10.0 Å². The summed E-state index contributed by atoms with van der Waals surface area (Å²) in [5.74, 6) is 1.18. The zero-order valence-corrected chi connectivity index (χ0v) is 14.9. The predicted octanol–water partition coefficient (Wildman–Crippen LogP) is 2.76. The molecule has 0 spiro atoms.